The molecule has 1 aliphatic carbocycles. The van der Waals surface area contributed by atoms with Gasteiger partial charge in [-0.15, -0.1) is 23.7 Å². The Hall–Kier alpha value is -0.690. The molecule has 0 saturated heterocycles. The molecule has 1 heterocycles. The van der Waals surface area contributed by atoms with Crippen molar-refractivity contribution >= 4 is 34.8 Å². The number of hydrogen-bond acceptors (Lipinski definition) is 5. The lowest BCUT2D eigenvalue weighted by Gasteiger charge is -2.15. The Morgan fingerprint density at radius 1 is 1.63 bits per heavy atom. The quantitative estimate of drug-likeness (QED) is 0.888. The number of fused-ring (bicyclic) bond motifs is 1. The fourth-order valence-electron chi connectivity index (χ4n) is 1.85. The van der Waals surface area contributed by atoms with Crippen molar-refractivity contribution in [1.82, 2.24) is 4.98 Å². The van der Waals surface area contributed by atoms with Gasteiger partial charge in [0, 0.05) is 10.9 Å². The van der Waals surface area contributed by atoms with E-state index < -0.39 is 0 Å². The fourth-order valence-corrected chi connectivity index (χ4v) is 2.97. The van der Waals surface area contributed by atoms with Crippen LogP contribution in [0, 0.1) is 0 Å². The van der Waals surface area contributed by atoms with E-state index >= 15 is 0 Å². The molecule has 1 aromatic heterocycles. The second-order valence-electron chi connectivity index (χ2n) is 4.80. The Labute approximate surface area is 123 Å². The van der Waals surface area contributed by atoms with Crippen molar-refractivity contribution in [2.75, 3.05) is 11.9 Å². The summed E-state index contributed by atoms with van der Waals surface area (Å²) in [5, 5.41) is 3.43. The number of hydrogen-bond donors (Lipinski definition) is 2. The highest BCUT2D eigenvalue weighted by molar-refractivity contribution is 7.15. The smallest absolute Gasteiger partial charge is 0.252 e. The fraction of sp³-hybridized carbons (Fsp3) is 0.667. The van der Waals surface area contributed by atoms with E-state index in [0.29, 0.717) is 5.13 Å². The molecule has 19 heavy (non-hydrogen) atoms. The lowest BCUT2D eigenvalue weighted by Crippen LogP contribution is -2.27. The van der Waals surface area contributed by atoms with E-state index in [1.54, 1.807) is 0 Å². The number of thiazole rings is 1. The second-order valence-corrected chi connectivity index (χ2v) is 5.88. The summed E-state index contributed by atoms with van der Waals surface area (Å²) in [6.07, 6.45) is 2.80. The minimum absolute atomic E-state index is 0. The van der Waals surface area contributed by atoms with Crippen LogP contribution in [0.3, 0.4) is 0 Å². The van der Waals surface area contributed by atoms with Gasteiger partial charge < -0.3 is 10.5 Å². The third-order valence-corrected chi connectivity index (χ3v) is 3.81. The Kier molecular flexibility index (Phi) is 6.19. The van der Waals surface area contributed by atoms with Gasteiger partial charge in [-0.2, -0.15) is 0 Å². The van der Waals surface area contributed by atoms with Crippen LogP contribution in [0.2, 0.25) is 0 Å². The van der Waals surface area contributed by atoms with Crippen molar-refractivity contribution < 1.29 is 9.53 Å². The summed E-state index contributed by atoms with van der Waals surface area (Å²) < 4.78 is 5.24. The van der Waals surface area contributed by atoms with Gasteiger partial charge in [0.05, 0.1) is 11.8 Å². The third-order valence-electron chi connectivity index (χ3n) is 2.77. The second kappa shape index (κ2) is 7.19. The molecule has 0 aliphatic heterocycles. The zero-order chi connectivity index (χ0) is 13.1. The molecule has 0 saturated carbocycles. The third kappa shape index (κ3) is 4.72. The molecule has 1 aliphatic rings. The van der Waals surface area contributed by atoms with E-state index in [1.807, 2.05) is 13.8 Å². The highest BCUT2D eigenvalue weighted by atomic mass is 35.5. The maximum absolute atomic E-state index is 11.6. The molecule has 0 aromatic carbocycles. The van der Waals surface area contributed by atoms with Gasteiger partial charge in [-0.05, 0) is 33.1 Å². The number of nitrogens with zero attached hydrogens (tertiary/aromatic N) is 1. The number of anilines is 1. The van der Waals surface area contributed by atoms with Crippen LogP contribution in [0.15, 0.2) is 0 Å². The molecule has 3 N–H and O–H groups in total. The van der Waals surface area contributed by atoms with Crippen LogP contribution in [0.4, 0.5) is 5.13 Å². The number of carbonyl (C=O) groups is 1. The molecule has 2 rings (SSSR count). The first-order valence-corrected chi connectivity index (χ1v) is 7.02. The molecule has 7 heteroatoms. The first kappa shape index (κ1) is 16.4. The van der Waals surface area contributed by atoms with Crippen molar-refractivity contribution in [1.29, 1.82) is 0 Å². The van der Waals surface area contributed by atoms with Gasteiger partial charge in [-0.3, -0.25) is 10.1 Å². The number of aromatic nitrogens is 1. The van der Waals surface area contributed by atoms with Crippen LogP contribution in [0.5, 0.6) is 0 Å². The minimum Gasteiger partial charge on any atom is -0.369 e. The van der Waals surface area contributed by atoms with Gasteiger partial charge >= 0.3 is 0 Å². The Morgan fingerprint density at radius 3 is 3.05 bits per heavy atom. The number of nitrogens with two attached hydrogens (primary N) is 1. The van der Waals surface area contributed by atoms with Gasteiger partial charge in [-0.1, -0.05) is 0 Å². The van der Waals surface area contributed by atoms with E-state index in [4.69, 9.17) is 10.5 Å². The Morgan fingerprint density at radius 2 is 2.37 bits per heavy atom. The lowest BCUT2D eigenvalue weighted by atomic mass is 9.99. The number of carbonyl (C=O) groups excluding carboxylic acids is 1. The van der Waals surface area contributed by atoms with Crippen LogP contribution in [-0.4, -0.2) is 29.6 Å². The van der Waals surface area contributed by atoms with Crippen molar-refractivity contribution in [3.63, 3.8) is 0 Å². The number of amides is 1. The number of nitrogens with one attached hydrogen (secondary N) is 1. The highest BCUT2D eigenvalue weighted by Crippen LogP contribution is 2.29. The molecule has 5 nitrogen and oxygen atoms in total. The summed E-state index contributed by atoms with van der Waals surface area (Å²) in [5.74, 6) is -0.154. The molecule has 1 amide bonds. The molecule has 108 valence electrons. The molecule has 1 aromatic rings. The lowest BCUT2D eigenvalue weighted by molar-refractivity contribution is -0.121. The maximum atomic E-state index is 11.6. The monoisotopic (exact) mass is 305 g/mol. The molecular weight excluding hydrogens is 286 g/mol. The predicted octanol–water partition coefficient (Wildman–Crippen LogP) is 1.74. The molecule has 0 bridgehead atoms. The molecule has 0 fully saturated rings. The Bertz CT molecular complexity index is 437. The average molecular weight is 306 g/mol. The van der Waals surface area contributed by atoms with Gasteiger partial charge in [-0.25, -0.2) is 4.98 Å². The largest absolute Gasteiger partial charge is 0.369 e. The van der Waals surface area contributed by atoms with Crippen molar-refractivity contribution in [2.45, 2.75) is 45.3 Å². The average Bonchev–Trinajstić information content (AvgIpc) is 2.67. The summed E-state index contributed by atoms with van der Waals surface area (Å²) in [5.41, 5.74) is 7.00. The van der Waals surface area contributed by atoms with Gasteiger partial charge in [0.1, 0.15) is 6.61 Å². The number of halogens is 1. The van der Waals surface area contributed by atoms with E-state index in [0.717, 1.165) is 25.0 Å². The van der Waals surface area contributed by atoms with Crippen LogP contribution < -0.4 is 11.1 Å². The van der Waals surface area contributed by atoms with E-state index in [-0.39, 0.29) is 37.1 Å². The summed E-state index contributed by atoms with van der Waals surface area (Å²) in [6, 6.07) is 0.228. The van der Waals surface area contributed by atoms with Crippen LogP contribution in [-0.2, 0) is 22.4 Å². The summed E-state index contributed by atoms with van der Waals surface area (Å²) >= 11 is 1.52. The maximum Gasteiger partial charge on any atom is 0.252 e. The zero-order valence-electron chi connectivity index (χ0n) is 11.1. The number of rotatable bonds is 4. The van der Waals surface area contributed by atoms with Crippen LogP contribution in [0.25, 0.3) is 0 Å². The van der Waals surface area contributed by atoms with Crippen LogP contribution in [0.1, 0.15) is 30.8 Å². The molecule has 0 spiro atoms. The van der Waals surface area contributed by atoms with E-state index in [1.165, 1.54) is 16.2 Å². The first-order chi connectivity index (χ1) is 8.54. The van der Waals surface area contributed by atoms with Crippen molar-refractivity contribution in [3.8, 4) is 0 Å². The van der Waals surface area contributed by atoms with Crippen molar-refractivity contribution in [2.24, 2.45) is 5.73 Å². The SMILES string of the molecule is CC(C)OCC(=O)Nc1nc2c(s1)C[C@@H](N)CC2.Cl. The van der Waals surface area contributed by atoms with Crippen LogP contribution >= 0.6 is 23.7 Å². The first-order valence-electron chi connectivity index (χ1n) is 6.20. The predicted molar refractivity (Wildman–Crippen MR) is 79.1 cm³/mol. The summed E-state index contributed by atoms with van der Waals surface area (Å²) in [6.45, 7) is 3.87. The summed E-state index contributed by atoms with van der Waals surface area (Å²) in [7, 11) is 0. The molecule has 0 unspecified atom stereocenters. The van der Waals surface area contributed by atoms with Gasteiger partial charge in [0.25, 0.3) is 5.91 Å². The molecular formula is C12H20ClN3O2S. The molecule has 0 radical (unpaired) electrons. The zero-order valence-corrected chi connectivity index (χ0v) is 12.8. The highest BCUT2D eigenvalue weighted by Gasteiger charge is 2.20. The van der Waals surface area contributed by atoms with Crippen molar-refractivity contribution in [3.05, 3.63) is 10.6 Å². The van der Waals surface area contributed by atoms with E-state index in [9.17, 15) is 4.79 Å². The topological polar surface area (TPSA) is 77.2 Å². The van der Waals surface area contributed by atoms with Gasteiger partial charge in [0.15, 0.2) is 5.13 Å². The molecule has 1 atom stereocenters. The normalized spacial score (nSPS) is 17.8. The summed E-state index contributed by atoms with van der Waals surface area (Å²) in [4.78, 5) is 17.2. The van der Waals surface area contributed by atoms with E-state index in [2.05, 4.69) is 10.3 Å². The van der Waals surface area contributed by atoms with Gasteiger partial charge in [0.2, 0.25) is 0 Å². The minimum atomic E-state index is -0.154. The number of ether oxygens (including phenoxy) is 1. The number of aryl methyl sites for hydroxylation is 1. The Balaban J connectivity index is 0.00000180. The standard InChI is InChI=1S/C12H19N3O2S.ClH/c1-7(2)17-6-11(16)15-12-14-9-4-3-8(13)5-10(9)18-12;/h7-8H,3-6,13H2,1-2H3,(H,14,15,16);1H/t8-;/m0./s1.